The number of hydrogen-bond donors (Lipinski definition) is 2. The molecule has 1 fully saturated rings. The van der Waals surface area contributed by atoms with Crippen molar-refractivity contribution in [2.75, 3.05) is 11.9 Å². The number of carbonyl (C=O) groups excluding carboxylic acids is 3. The number of carbonyl (C=O) groups is 3. The number of anilines is 1. The molecule has 0 spiro atoms. The van der Waals surface area contributed by atoms with Gasteiger partial charge in [0.1, 0.15) is 5.54 Å². The van der Waals surface area contributed by atoms with E-state index >= 15 is 0 Å². The Morgan fingerprint density at radius 2 is 1.96 bits per heavy atom. The minimum Gasteiger partial charge on any atom is -0.326 e. The summed E-state index contributed by atoms with van der Waals surface area (Å²) in [7, 11) is 0. The number of imide groups is 1. The zero-order valence-corrected chi connectivity index (χ0v) is 14.8. The Labute approximate surface area is 152 Å². The monoisotopic (exact) mass is 391 g/mol. The van der Waals surface area contributed by atoms with Gasteiger partial charge in [0.15, 0.2) is 0 Å². The molecular weight excluding hydrogens is 375 g/mol. The van der Waals surface area contributed by atoms with E-state index in [-0.39, 0.29) is 25.1 Å². The van der Waals surface area contributed by atoms with Crippen molar-refractivity contribution in [2.24, 2.45) is 0 Å². The summed E-state index contributed by atoms with van der Waals surface area (Å²) in [5.74, 6) is -0.929. The first kappa shape index (κ1) is 20.0. The fourth-order valence-corrected chi connectivity index (χ4v) is 2.69. The molecule has 0 bridgehead atoms. The van der Waals surface area contributed by atoms with E-state index in [0.29, 0.717) is 0 Å². The first-order valence-electron chi connectivity index (χ1n) is 7.72. The van der Waals surface area contributed by atoms with Gasteiger partial charge in [-0.05, 0) is 38.5 Å². The summed E-state index contributed by atoms with van der Waals surface area (Å²) in [4.78, 5) is 36.6. The van der Waals surface area contributed by atoms with Crippen molar-refractivity contribution in [3.05, 3.63) is 28.8 Å². The van der Waals surface area contributed by atoms with Gasteiger partial charge in [0.2, 0.25) is 5.91 Å². The number of benzene rings is 1. The Morgan fingerprint density at radius 1 is 1.31 bits per heavy atom. The van der Waals surface area contributed by atoms with E-state index in [4.69, 9.17) is 11.6 Å². The van der Waals surface area contributed by atoms with Gasteiger partial charge < -0.3 is 10.6 Å². The van der Waals surface area contributed by atoms with Gasteiger partial charge in [-0.1, -0.05) is 11.6 Å². The summed E-state index contributed by atoms with van der Waals surface area (Å²) in [6.07, 6.45) is -4.52. The predicted octanol–water partition coefficient (Wildman–Crippen LogP) is 3.41. The molecule has 142 valence electrons. The van der Waals surface area contributed by atoms with Gasteiger partial charge >= 0.3 is 12.2 Å². The molecule has 1 heterocycles. The summed E-state index contributed by atoms with van der Waals surface area (Å²) < 4.78 is 38.4. The minimum absolute atomic E-state index is 0.0376. The van der Waals surface area contributed by atoms with Crippen molar-refractivity contribution >= 4 is 35.1 Å². The molecule has 10 heteroatoms. The van der Waals surface area contributed by atoms with Crippen LogP contribution in [-0.4, -0.2) is 34.8 Å². The van der Waals surface area contributed by atoms with Crippen molar-refractivity contribution in [3.63, 3.8) is 0 Å². The van der Waals surface area contributed by atoms with Crippen molar-refractivity contribution in [1.82, 2.24) is 10.2 Å². The number of rotatable bonds is 5. The molecule has 1 aromatic rings. The third-order valence-electron chi connectivity index (χ3n) is 3.79. The fraction of sp³-hybridized carbons (Fsp3) is 0.438. The van der Waals surface area contributed by atoms with Crippen LogP contribution in [0.3, 0.4) is 0 Å². The molecule has 2 rings (SSSR count). The van der Waals surface area contributed by atoms with Crippen LogP contribution in [0.5, 0.6) is 0 Å². The van der Waals surface area contributed by atoms with Gasteiger partial charge in [0.25, 0.3) is 5.91 Å². The van der Waals surface area contributed by atoms with Crippen LogP contribution in [0.15, 0.2) is 18.2 Å². The lowest BCUT2D eigenvalue weighted by Crippen LogP contribution is -2.40. The van der Waals surface area contributed by atoms with Crippen LogP contribution >= 0.6 is 11.6 Å². The second-order valence-corrected chi connectivity index (χ2v) is 6.76. The van der Waals surface area contributed by atoms with Gasteiger partial charge in [-0.15, -0.1) is 0 Å². The maximum atomic E-state index is 12.8. The number of alkyl halides is 3. The highest BCUT2D eigenvalue weighted by atomic mass is 35.5. The zero-order chi connectivity index (χ0) is 19.7. The van der Waals surface area contributed by atoms with Gasteiger partial charge in [-0.25, -0.2) is 4.79 Å². The second kappa shape index (κ2) is 7.14. The highest BCUT2D eigenvalue weighted by Gasteiger charge is 2.43. The van der Waals surface area contributed by atoms with E-state index in [1.807, 2.05) is 0 Å². The summed E-state index contributed by atoms with van der Waals surface area (Å²) in [6.45, 7) is 3.17. The van der Waals surface area contributed by atoms with Crippen LogP contribution in [0.1, 0.15) is 32.3 Å². The fourth-order valence-electron chi connectivity index (χ4n) is 2.46. The molecule has 26 heavy (non-hydrogen) atoms. The van der Waals surface area contributed by atoms with Crippen LogP contribution in [0.2, 0.25) is 5.02 Å². The first-order valence-corrected chi connectivity index (χ1v) is 8.10. The smallest absolute Gasteiger partial charge is 0.326 e. The quantitative estimate of drug-likeness (QED) is 0.755. The summed E-state index contributed by atoms with van der Waals surface area (Å²) in [5.41, 5.74) is -2.07. The summed E-state index contributed by atoms with van der Waals surface area (Å²) in [5, 5.41) is 4.40. The predicted molar refractivity (Wildman–Crippen MR) is 88.6 cm³/mol. The van der Waals surface area contributed by atoms with E-state index in [2.05, 4.69) is 10.6 Å². The number of nitrogens with one attached hydrogen (secondary N) is 2. The van der Waals surface area contributed by atoms with Gasteiger partial charge in [0.05, 0.1) is 10.6 Å². The highest BCUT2D eigenvalue weighted by molar-refractivity contribution is 6.31. The molecular formula is C16H17ClF3N3O3. The maximum absolute atomic E-state index is 12.8. The molecule has 1 aliphatic rings. The van der Waals surface area contributed by atoms with Gasteiger partial charge in [0, 0.05) is 18.7 Å². The van der Waals surface area contributed by atoms with Crippen LogP contribution in [0.25, 0.3) is 0 Å². The lowest BCUT2D eigenvalue weighted by molar-refractivity contribution is -0.137. The maximum Gasteiger partial charge on any atom is 0.417 e. The number of halogens is 4. The van der Waals surface area contributed by atoms with E-state index in [9.17, 15) is 27.6 Å². The molecule has 6 nitrogen and oxygen atoms in total. The van der Waals surface area contributed by atoms with E-state index in [0.717, 1.165) is 17.0 Å². The van der Waals surface area contributed by atoms with E-state index in [1.54, 1.807) is 13.8 Å². The minimum atomic E-state index is -4.63. The molecule has 0 unspecified atom stereocenters. The molecule has 2 N–H and O–H groups in total. The highest BCUT2D eigenvalue weighted by Crippen LogP contribution is 2.36. The van der Waals surface area contributed by atoms with E-state index < -0.39 is 40.1 Å². The molecule has 0 aliphatic carbocycles. The number of amides is 4. The first-order chi connectivity index (χ1) is 11.9. The van der Waals surface area contributed by atoms with Crippen LogP contribution in [0, 0.1) is 0 Å². The normalized spacial score (nSPS) is 16.6. The molecule has 1 aromatic carbocycles. The third kappa shape index (κ3) is 4.46. The zero-order valence-electron chi connectivity index (χ0n) is 14.0. The molecule has 0 aromatic heterocycles. The molecule has 4 amide bonds. The number of hydrogen-bond acceptors (Lipinski definition) is 3. The SMILES string of the molecule is CC1(C)NC(=O)N(CCCC(=O)Nc2ccc(Cl)c(C(F)(F)F)c2)C1=O. The average Bonchev–Trinajstić information content (AvgIpc) is 2.69. The molecule has 1 aliphatic heterocycles. The number of nitrogens with zero attached hydrogens (tertiary/aromatic N) is 1. The standard InChI is InChI=1S/C16H17ClF3N3O3/c1-15(2)13(25)23(14(26)22-15)7-3-4-12(24)21-9-5-6-11(17)10(8-9)16(18,19)20/h5-6,8H,3-4,7H2,1-2H3,(H,21,24)(H,22,26). The van der Waals surface area contributed by atoms with Crippen molar-refractivity contribution in [3.8, 4) is 0 Å². The third-order valence-corrected chi connectivity index (χ3v) is 4.12. The Balaban J connectivity index is 1.90. The van der Waals surface area contributed by atoms with Crippen molar-refractivity contribution in [2.45, 2.75) is 38.4 Å². The van der Waals surface area contributed by atoms with Crippen molar-refractivity contribution < 1.29 is 27.6 Å². The average molecular weight is 392 g/mol. The van der Waals surface area contributed by atoms with E-state index in [1.165, 1.54) is 6.07 Å². The van der Waals surface area contributed by atoms with Crippen LogP contribution in [-0.2, 0) is 15.8 Å². The number of urea groups is 1. The van der Waals surface area contributed by atoms with Crippen LogP contribution in [0.4, 0.5) is 23.7 Å². The van der Waals surface area contributed by atoms with Crippen molar-refractivity contribution in [1.29, 1.82) is 0 Å². The second-order valence-electron chi connectivity index (χ2n) is 6.36. The lowest BCUT2D eigenvalue weighted by Gasteiger charge is -2.16. The Kier molecular flexibility index (Phi) is 5.50. The molecule has 0 saturated carbocycles. The Morgan fingerprint density at radius 3 is 2.50 bits per heavy atom. The lowest BCUT2D eigenvalue weighted by atomic mass is 10.1. The van der Waals surface area contributed by atoms with Crippen LogP contribution < -0.4 is 10.6 Å². The van der Waals surface area contributed by atoms with Gasteiger partial charge in [-0.3, -0.25) is 14.5 Å². The summed E-state index contributed by atoms with van der Waals surface area (Å²) in [6, 6.07) is 2.53. The largest absolute Gasteiger partial charge is 0.417 e. The molecule has 0 radical (unpaired) electrons. The Bertz CT molecular complexity index is 750. The molecule has 0 atom stereocenters. The topological polar surface area (TPSA) is 78.5 Å². The summed E-state index contributed by atoms with van der Waals surface area (Å²) >= 11 is 5.52. The Hall–Kier alpha value is -2.29. The van der Waals surface area contributed by atoms with Gasteiger partial charge in [-0.2, -0.15) is 13.2 Å². The molecule has 1 saturated heterocycles.